The van der Waals surface area contributed by atoms with E-state index >= 15 is 0 Å². The molecule has 162 valence electrons. The number of aromatic hydroxyl groups is 2. The van der Waals surface area contributed by atoms with Crippen LogP contribution in [0, 0.1) is 12.8 Å². The van der Waals surface area contributed by atoms with Crippen LogP contribution in [0.2, 0.25) is 0 Å². The minimum absolute atomic E-state index is 0.0313. The van der Waals surface area contributed by atoms with Crippen molar-refractivity contribution in [3.8, 4) is 11.5 Å². The Morgan fingerprint density at radius 1 is 1.19 bits per heavy atom. The normalized spacial score (nSPS) is 25.7. The van der Waals surface area contributed by atoms with E-state index in [1.807, 2.05) is 0 Å². The molecule has 2 aromatic rings. The lowest BCUT2D eigenvalue weighted by Gasteiger charge is -2.47. The van der Waals surface area contributed by atoms with Gasteiger partial charge in [0.1, 0.15) is 22.8 Å². The first-order chi connectivity index (χ1) is 14.4. The molecule has 0 unspecified atom stereocenters. The maximum absolute atomic E-state index is 13.6. The molecular weight excluding hydrogens is 404 g/mol. The average Bonchev–Trinajstić information content (AvgIpc) is 2.68. The molecule has 3 atom stereocenters. The monoisotopic (exact) mass is 426 g/mol. The minimum Gasteiger partial charge on any atom is -0.508 e. The van der Waals surface area contributed by atoms with Gasteiger partial charge >= 0.3 is 0 Å². The Bertz CT molecular complexity index is 1230. The number of hydrogen-bond acceptors (Lipinski definition) is 8. The van der Waals surface area contributed by atoms with Crippen molar-refractivity contribution in [3.05, 3.63) is 46.2 Å². The number of carbonyl (C=O) groups excluding carboxylic acids is 3. The Balaban J connectivity index is 2.11. The minimum atomic E-state index is -2.65. The van der Waals surface area contributed by atoms with Gasteiger partial charge in [-0.1, -0.05) is 12.1 Å². The summed E-state index contributed by atoms with van der Waals surface area (Å²) in [4.78, 5) is 39.9. The van der Waals surface area contributed by atoms with Crippen molar-refractivity contribution in [2.75, 3.05) is 14.1 Å². The molecule has 2 aliphatic carbocycles. The van der Waals surface area contributed by atoms with Gasteiger partial charge in [-0.2, -0.15) is 0 Å². The number of likely N-dealkylation sites (N-methyl/N-ethyl adjacent to an activating group) is 1. The van der Waals surface area contributed by atoms with Gasteiger partial charge < -0.3 is 26.2 Å². The van der Waals surface area contributed by atoms with E-state index in [2.05, 4.69) is 0 Å². The van der Waals surface area contributed by atoms with Crippen LogP contribution in [-0.2, 0) is 16.0 Å². The van der Waals surface area contributed by atoms with Crippen LogP contribution in [0.5, 0.6) is 11.5 Å². The second kappa shape index (κ2) is 6.53. The summed E-state index contributed by atoms with van der Waals surface area (Å²) >= 11 is 0. The molecule has 0 radical (unpaired) electrons. The SMILES string of the molecule is Cc1c2c(c(O)c3c(O)cccc13)C(=O)[C@@]1(O)C(O)=C(C(N)=O)C(=O)[C@H](N(C)C)[C@@H]1C2. The number of nitrogens with two attached hydrogens (primary N) is 1. The van der Waals surface area contributed by atoms with E-state index in [0.717, 1.165) is 0 Å². The predicted octanol–water partition coefficient (Wildman–Crippen LogP) is 0.456. The fourth-order valence-electron chi connectivity index (χ4n) is 5.04. The number of rotatable bonds is 2. The van der Waals surface area contributed by atoms with Gasteiger partial charge in [0.05, 0.1) is 17.0 Å². The number of phenolic OH excluding ortho intramolecular Hbond substituents is 2. The zero-order chi connectivity index (χ0) is 23.0. The van der Waals surface area contributed by atoms with Gasteiger partial charge in [0, 0.05) is 5.92 Å². The number of hydrogen-bond donors (Lipinski definition) is 5. The highest BCUT2D eigenvalue weighted by Crippen LogP contribution is 2.50. The number of fused-ring (bicyclic) bond motifs is 3. The topological polar surface area (TPSA) is 161 Å². The third-order valence-corrected chi connectivity index (χ3v) is 6.51. The van der Waals surface area contributed by atoms with E-state index < -0.39 is 52.1 Å². The summed E-state index contributed by atoms with van der Waals surface area (Å²) in [6.07, 6.45) is -0.0484. The van der Waals surface area contributed by atoms with Gasteiger partial charge in [0.2, 0.25) is 5.78 Å². The van der Waals surface area contributed by atoms with Crippen molar-refractivity contribution < 1.29 is 34.8 Å². The third kappa shape index (κ3) is 2.47. The zero-order valence-corrected chi connectivity index (χ0v) is 17.1. The highest BCUT2D eigenvalue weighted by Gasteiger charge is 2.62. The molecule has 1 amide bonds. The molecule has 9 nitrogen and oxygen atoms in total. The Morgan fingerprint density at radius 2 is 1.84 bits per heavy atom. The maximum atomic E-state index is 13.6. The number of aliphatic hydroxyl groups excluding tert-OH is 1. The number of nitrogens with zero attached hydrogens (tertiary/aromatic N) is 1. The summed E-state index contributed by atoms with van der Waals surface area (Å²) in [6, 6.07) is 3.50. The first kappa shape index (κ1) is 20.8. The number of ketones is 2. The number of phenols is 2. The molecule has 0 aromatic heterocycles. The largest absolute Gasteiger partial charge is 0.508 e. The number of aryl methyl sites for hydroxylation is 1. The summed E-state index contributed by atoms with van der Waals surface area (Å²) in [7, 11) is 3.10. The van der Waals surface area contributed by atoms with Crippen molar-refractivity contribution in [3.63, 3.8) is 0 Å². The summed E-state index contributed by atoms with van der Waals surface area (Å²) in [5.41, 5.74) is 2.50. The van der Waals surface area contributed by atoms with E-state index in [4.69, 9.17) is 5.73 Å². The first-order valence-corrected chi connectivity index (χ1v) is 9.61. The van der Waals surface area contributed by atoms with Crippen molar-refractivity contribution in [2.24, 2.45) is 11.7 Å². The van der Waals surface area contributed by atoms with Crippen molar-refractivity contribution in [2.45, 2.75) is 25.0 Å². The van der Waals surface area contributed by atoms with Crippen molar-refractivity contribution in [1.82, 2.24) is 4.90 Å². The highest BCUT2D eigenvalue weighted by molar-refractivity contribution is 6.25. The maximum Gasteiger partial charge on any atom is 0.255 e. The van der Waals surface area contributed by atoms with E-state index in [9.17, 15) is 34.8 Å². The molecule has 31 heavy (non-hydrogen) atoms. The summed E-state index contributed by atoms with van der Waals surface area (Å²) < 4.78 is 0. The molecule has 0 aliphatic heterocycles. The van der Waals surface area contributed by atoms with E-state index in [0.29, 0.717) is 16.5 Å². The van der Waals surface area contributed by atoms with Gasteiger partial charge in [-0.3, -0.25) is 19.3 Å². The Kier molecular flexibility index (Phi) is 4.39. The molecule has 0 saturated carbocycles. The van der Waals surface area contributed by atoms with E-state index in [1.165, 1.54) is 11.0 Å². The fourth-order valence-corrected chi connectivity index (χ4v) is 5.04. The summed E-state index contributed by atoms with van der Waals surface area (Å²) in [6.45, 7) is 1.71. The van der Waals surface area contributed by atoms with E-state index in [1.54, 1.807) is 33.2 Å². The molecule has 2 aromatic carbocycles. The lowest BCUT2D eigenvalue weighted by atomic mass is 9.61. The molecule has 9 heteroatoms. The zero-order valence-electron chi connectivity index (χ0n) is 17.1. The van der Waals surface area contributed by atoms with Crippen molar-refractivity contribution >= 4 is 28.2 Å². The van der Waals surface area contributed by atoms with Gasteiger partial charge in [-0.05, 0) is 50.0 Å². The van der Waals surface area contributed by atoms with Crippen LogP contribution in [0.25, 0.3) is 10.8 Å². The lowest BCUT2D eigenvalue weighted by Crippen LogP contribution is -2.64. The fraction of sp³-hybridized carbons (Fsp3) is 0.318. The van der Waals surface area contributed by atoms with Gasteiger partial charge in [-0.25, -0.2) is 0 Å². The quantitative estimate of drug-likeness (QED) is 0.433. The average molecular weight is 426 g/mol. The summed E-state index contributed by atoms with van der Waals surface area (Å²) in [5, 5.41) is 43.9. The van der Waals surface area contributed by atoms with Gasteiger partial charge in [0.25, 0.3) is 5.91 Å². The van der Waals surface area contributed by atoms with Crippen LogP contribution in [0.4, 0.5) is 0 Å². The number of primary amides is 1. The Hall–Kier alpha value is -3.43. The number of Topliss-reactive ketones (excluding diaryl/α,β-unsaturated/α-hetero) is 2. The van der Waals surface area contributed by atoms with Crippen LogP contribution in [0.3, 0.4) is 0 Å². The summed E-state index contributed by atoms with van der Waals surface area (Å²) in [5.74, 6) is -6.18. The van der Waals surface area contributed by atoms with E-state index in [-0.39, 0.29) is 23.1 Å². The second-order valence-corrected chi connectivity index (χ2v) is 8.29. The van der Waals surface area contributed by atoms with Crippen LogP contribution in [0.15, 0.2) is 29.5 Å². The Labute approximate surface area is 177 Å². The Morgan fingerprint density at radius 3 is 2.42 bits per heavy atom. The lowest BCUT2D eigenvalue weighted by molar-refractivity contribution is -0.132. The van der Waals surface area contributed by atoms with Crippen LogP contribution in [-0.4, -0.2) is 68.5 Å². The standard InChI is InChI=1S/C22H22N2O7/c1-8-9-5-4-6-12(25)13(9)17(26)14-10(8)7-11-16(24(2)3)18(27)15(21(23)30)20(29)22(11,31)19(14)28/h4-6,11,16,25-26,29,31H,7H2,1-3H3,(H2,23,30)/t11-,16+,22+/m0/s1. The van der Waals surface area contributed by atoms with Gasteiger partial charge in [-0.15, -0.1) is 0 Å². The molecule has 0 heterocycles. The smallest absolute Gasteiger partial charge is 0.255 e. The number of amides is 1. The predicted molar refractivity (Wildman–Crippen MR) is 110 cm³/mol. The molecule has 0 spiro atoms. The molecule has 2 aliphatic rings. The van der Waals surface area contributed by atoms with Gasteiger partial charge in [0.15, 0.2) is 11.4 Å². The molecule has 6 N–H and O–H groups in total. The van der Waals surface area contributed by atoms with Crippen LogP contribution >= 0.6 is 0 Å². The first-order valence-electron chi connectivity index (χ1n) is 9.61. The highest BCUT2D eigenvalue weighted by atomic mass is 16.3. The number of carbonyl (C=O) groups is 3. The molecule has 0 saturated heterocycles. The van der Waals surface area contributed by atoms with Crippen LogP contribution < -0.4 is 5.73 Å². The number of aliphatic hydroxyl groups is 2. The second-order valence-electron chi connectivity index (χ2n) is 8.29. The molecule has 4 rings (SSSR count). The van der Waals surface area contributed by atoms with Crippen molar-refractivity contribution in [1.29, 1.82) is 0 Å². The third-order valence-electron chi connectivity index (χ3n) is 6.51. The molecule has 0 fully saturated rings. The number of benzene rings is 2. The van der Waals surface area contributed by atoms with Crippen LogP contribution in [0.1, 0.15) is 21.5 Å². The molecule has 0 bridgehead atoms. The molecular formula is C22H22N2O7.